The van der Waals surface area contributed by atoms with E-state index < -0.39 is 17.7 Å². The van der Waals surface area contributed by atoms with Crippen LogP contribution in [0, 0.1) is 5.41 Å². The number of nitrogens with one attached hydrogen (secondary N) is 2. The monoisotopic (exact) mass is 560 g/mol. The SMILES string of the molecule is C[C@H]1C[C@@H](N2C(=N)N[C@](C)(c3cccc(-c4ccncc4Cl)c3Cl)CC2=O)CCO1.O=C(O)C(F)(F)F. The molecule has 2 aliphatic rings. The van der Waals surface area contributed by atoms with Crippen LogP contribution in [0.1, 0.15) is 38.7 Å². The number of hydrogen-bond acceptors (Lipinski definition) is 5. The maximum Gasteiger partial charge on any atom is 0.490 e. The van der Waals surface area contributed by atoms with E-state index >= 15 is 0 Å². The Bertz CT molecular complexity index is 1180. The Kier molecular flexibility index (Phi) is 8.71. The molecular weight excluding hydrogens is 536 g/mol. The molecule has 4 rings (SSSR count). The largest absolute Gasteiger partial charge is 0.490 e. The zero-order valence-electron chi connectivity index (χ0n) is 19.9. The third kappa shape index (κ3) is 6.52. The number of carbonyl (C=O) groups excluding carboxylic acids is 1. The molecule has 0 bridgehead atoms. The third-order valence-electron chi connectivity index (χ3n) is 6.13. The molecule has 13 heteroatoms. The standard InChI is InChI=1S/C22H24Cl2N4O2.C2HF3O2/c1-13-10-14(7-9-30-13)28-19(29)11-22(2,27-21(28)25)17-5-3-4-16(20(17)24)15-6-8-26-12-18(15)23;3-2(4,5)1(6)7/h3-6,8,12-14H,7,9-11H2,1-2H3,(H2,25,27);(H,6,7)/t13-,14-,22-;/m0./s1. The highest BCUT2D eigenvalue weighted by atomic mass is 35.5. The Hall–Kier alpha value is -2.89. The minimum Gasteiger partial charge on any atom is -0.475 e. The molecule has 2 aliphatic heterocycles. The van der Waals surface area contributed by atoms with Crippen molar-refractivity contribution < 1.29 is 32.6 Å². The van der Waals surface area contributed by atoms with Gasteiger partial charge in [0, 0.05) is 36.2 Å². The van der Waals surface area contributed by atoms with Crippen LogP contribution in [0.15, 0.2) is 36.7 Å². The number of rotatable bonds is 3. The maximum absolute atomic E-state index is 13.2. The fourth-order valence-electron chi connectivity index (χ4n) is 4.40. The predicted octanol–water partition coefficient (Wildman–Crippen LogP) is 5.23. The van der Waals surface area contributed by atoms with Gasteiger partial charge in [-0.15, -0.1) is 0 Å². The average molecular weight is 561 g/mol. The van der Waals surface area contributed by atoms with Crippen molar-refractivity contribution in [3.05, 3.63) is 52.3 Å². The van der Waals surface area contributed by atoms with Crippen LogP contribution < -0.4 is 5.32 Å². The summed E-state index contributed by atoms with van der Waals surface area (Å²) in [7, 11) is 0. The van der Waals surface area contributed by atoms with E-state index in [9.17, 15) is 18.0 Å². The molecule has 37 heavy (non-hydrogen) atoms. The Labute approximate surface area is 221 Å². The molecular formula is C24H25Cl2F3N4O4. The first-order valence-corrected chi connectivity index (χ1v) is 12.0. The number of ether oxygens (including phenoxy) is 1. The van der Waals surface area contributed by atoms with Gasteiger partial charge < -0.3 is 15.2 Å². The van der Waals surface area contributed by atoms with Crippen LogP contribution in [-0.2, 0) is 19.9 Å². The van der Waals surface area contributed by atoms with E-state index in [1.54, 1.807) is 17.3 Å². The molecule has 2 saturated heterocycles. The van der Waals surface area contributed by atoms with Crippen molar-refractivity contribution in [1.82, 2.24) is 15.2 Å². The molecule has 3 atom stereocenters. The molecule has 3 heterocycles. The van der Waals surface area contributed by atoms with Crippen LogP contribution in [0.5, 0.6) is 0 Å². The minimum atomic E-state index is -5.08. The van der Waals surface area contributed by atoms with E-state index in [2.05, 4.69) is 10.3 Å². The summed E-state index contributed by atoms with van der Waals surface area (Å²) in [6, 6.07) is 7.46. The quantitative estimate of drug-likeness (QED) is 0.473. The average Bonchev–Trinajstić information content (AvgIpc) is 2.79. The lowest BCUT2D eigenvalue weighted by atomic mass is 9.84. The van der Waals surface area contributed by atoms with Crippen molar-refractivity contribution in [1.29, 1.82) is 5.41 Å². The summed E-state index contributed by atoms with van der Waals surface area (Å²) in [6.45, 7) is 4.50. The maximum atomic E-state index is 13.2. The van der Waals surface area contributed by atoms with E-state index in [0.29, 0.717) is 16.7 Å². The smallest absolute Gasteiger partial charge is 0.475 e. The van der Waals surface area contributed by atoms with Gasteiger partial charge in [0.15, 0.2) is 5.96 Å². The second-order valence-corrected chi connectivity index (χ2v) is 9.72. The molecule has 0 saturated carbocycles. The highest BCUT2D eigenvalue weighted by Crippen LogP contribution is 2.41. The minimum absolute atomic E-state index is 0.0248. The van der Waals surface area contributed by atoms with Gasteiger partial charge in [-0.05, 0) is 38.3 Å². The molecule has 0 aliphatic carbocycles. The highest BCUT2D eigenvalue weighted by molar-refractivity contribution is 6.37. The molecule has 200 valence electrons. The summed E-state index contributed by atoms with van der Waals surface area (Å²) in [5, 5.41) is 20.0. The number of aliphatic carboxylic acids is 1. The van der Waals surface area contributed by atoms with Gasteiger partial charge in [-0.3, -0.25) is 20.1 Å². The number of halogens is 5. The lowest BCUT2D eigenvalue weighted by Crippen LogP contribution is -2.63. The summed E-state index contributed by atoms with van der Waals surface area (Å²) >= 11 is 13.1. The van der Waals surface area contributed by atoms with Crippen LogP contribution >= 0.6 is 23.2 Å². The number of pyridine rings is 1. The van der Waals surface area contributed by atoms with Crippen molar-refractivity contribution in [2.45, 2.75) is 57.0 Å². The topological polar surface area (TPSA) is 116 Å². The summed E-state index contributed by atoms with van der Waals surface area (Å²) in [4.78, 5) is 27.7. The van der Waals surface area contributed by atoms with Crippen LogP contribution in [-0.4, -0.2) is 57.8 Å². The molecule has 3 N–H and O–H groups in total. The van der Waals surface area contributed by atoms with E-state index in [4.69, 9.17) is 43.2 Å². The van der Waals surface area contributed by atoms with Gasteiger partial charge in [-0.2, -0.15) is 13.2 Å². The summed E-state index contributed by atoms with van der Waals surface area (Å²) in [6.07, 6.45) is -0.108. The number of carboxylic acid groups (broad SMARTS) is 1. The lowest BCUT2D eigenvalue weighted by molar-refractivity contribution is -0.192. The first-order chi connectivity index (χ1) is 17.2. The zero-order chi connectivity index (χ0) is 27.5. The van der Waals surface area contributed by atoms with Gasteiger partial charge in [-0.1, -0.05) is 41.4 Å². The Balaban J connectivity index is 0.000000479. The molecule has 0 spiro atoms. The molecule has 0 radical (unpaired) electrons. The molecule has 8 nitrogen and oxygen atoms in total. The zero-order valence-corrected chi connectivity index (χ0v) is 21.4. The number of benzene rings is 1. The fourth-order valence-corrected chi connectivity index (χ4v) is 5.05. The second-order valence-electron chi connectivity index (χ2n) is 8.93. The van der Waals surface area contributed by atoms with Gasteiger partial charge in [-0.25, -0.2) is 4.79 Å². The normalized spacial score (nSPS) is 24.1. The molecule has 2 aromatic rings. The number of nitrogens with zero attached hydrogens (tertiary/aromatic N) is 2. The van der Waals surface area contributed by atoms with E-state index in [1.165, 1.54) is 0 Å². The van der Waals surface area contributed by atoms with Gasteiger partial charge in [0.1, 0.15) is 0 Å². The predicted molar refractivity (Wildman–Crippen MR) is 131 cm³/mol. The molecule has 1 aromatic carbocycles. The van der Waals surface area contributed by atoms with E-state index in [1.807, 2.05) is 38.1 Å². The fraction of sp³-hybridized carbons (Fsp3) is 0.417. The summed E-state index contributed by atoms with van der Waals surface area (Å²) < 4.78 is 37.3. The summed E-state index contributed by atoms with van der Waals surface area (Å²) in [5.41, 5.74) is 1.50. The van der Waals surface area contributed by atoms with Gasteiger partial charge in [0.05, 0.1) is 28.1 Å². The molecule has 1 aromatic heterocycles. The van der Waals surface area contributed by atoms with Crippen LogP contribution in [0.4, 0.5) is 13.2 Å². The number of alkyl halides is 3. The third-order valence-corrected chi connectivity index (χ3v) is 6.84. The van der Waals surface area contributed by atoms with Crippen LogP contribution in [0.2, 0.25) is 10.0 Å². The Morgan fingerprint density at radius 1 is 1.30 bits per heavy atom. The molecule has 0 unspecified atom stereocenters. The van der Waals surface area contributed by atoms with Crippen molar-refractivity contribution in [2.24, 2.45) is 0 Å². The van der Waals surface area contributed by atoms with Crippen molar-refractivity contribution in [2.75, 3.05) is 6.61 Å². The lowest BCUT2D eigenvalue weighted by Gasteiger charge is -2.45. The molecule has 2 fully saturated rings. The Morgan fingerprint density at radius 3 is 2.54 bits per heavy atom. The van der Waals surface area contributed by atoms with Crippen LogP contribution in [0.25, 0.3) is 11.1 Å². The van der Waals surface area contributed by atoms with Crippen molar-refractivity contribution in [3.8, 4) is 11.1 Å². The number of guanidine groups is 1. The van der Waals surface area contributed by atoms with Gasteiger partial charge in [0.2, 0.25) is 5.91 Å². The highest BCUT2D eigenvalue weighted by Gasteiger charge is 2.44. The summed E-state index contributed by atoms with van der Waals surface area (Å²) in [5.74, 6) is -2.73. The number of carbonyl (C=O) groups is 2. The van der Waals surface area contributed by atoms with E-state index in [-0.39, 0.29) is 30.4 Å². The van der Waals surface area contributed by atoms with Gasteiger partial charge >= 0.3 is 12.1 Å². The van der Waals surface area contributed by atoms with Gasteiger partial charge in [0.25, 0.3) is 0 Å². The Morgan fingerprint density at radius 2 is 1.97 bits per heavy atom. The van der Waals surface area contributed by atoms with Crippen LogP contribution in [0.3, 0.4) is 0 Å². The van der Waals surface area contributed by atoms with Crippen molar-refractivity contribution in [3.63, 3.8) is 0 Å². The number of hydrogen-bond donors (Lipinski definition) is 3. The van der Waals surface area contributed by atoms with Crippen molar-refractivity contribution >= 4 is 41.0 Å². The number of carboxylic acids is 1. The first-order valence-electron chi connectivity index (χ1n) is 11.2. The first kappa shape index (κ1) is 28.7. The molecule has 1 amide bonds. The number of amides is 1. The number of aromatic nitrogens is 1. The second kappa shape index (κ2) is 11.2. The van der Waals surface area contributed by atoms with E-state index in [0.717, 1.165) is 29.5 Å².